The minimum absolute atomic E-state index is 0.00751. The SMILES string of the molecule is COC(=O)[C@H](CCCN=C(N)N)NC(=O)[C@H](CCCN=C(N)N)NC(=O)C(=O)c1cc(Br)ccc1NC(=O)c1ccc2ccccc2c1. The van der Waals surface area contributed by atoms with Gasteiger partial charge in [0.25, 0.3) is 17.6 Å². The number of benzene rings is 3. The molecule has 3 amide bonds. The van der Waals surface area contributed by atoms with Crippen molar-refractivity contribution >= 4 is 73.8 Å². The van der Waals surface area contributed by atoms with E-state index in [1.165, 1.54) is 19.2 Å². The van der Waals surface area contributed by atoms with Gasteiger partial charge in [0.2, 0.25) is 5.91 Å². The minimum Gasteiger partial charge on any atom is -0.467 e. The topological polar surface area (TPSA) is 259 Å². The van der Waals surface area contributed by atoms with Crippen molar-refractivity contribution < 1.29 is 28.7 Å². The number of halogens is 1. The molecule has 0 unspecified atom stereocenters. The van der Waals surface area contributed by atoms with Gasteiger partial charge in [0, 0.05) is 23.1 Å². The van der Waals surface area contributed by atoms with Crippen molar-refractivity contribution in [3.05, 3.63) is 76.3 Å². The number of nitrogens with one attached hydrogen (secondary N) is 3. The van der Waals surface area contributed by atoms with Gasteiger partial charge in [-0.1, -0.05) is 46.3 Å². The van der Waals surface area contributed by atoms with E-state index < -0.39 is 41.6 Å². The van der Waals surface area contributed by atoms with E-state index in [1.54, 1.807) is 24.3 Å². The Balaban J connectivity index is 1.80. The molecule has 0 radical (unpaired) electrons. The maximum Gasteiger partial charge on any atom is 0.328 e. The number of esters is 1. The van der Waals surface area contributed by atoms with Crippen LogP contribution in [0.1, 0.15) is 46.4 Å². The van der Waals surface area contributed by atoms with Gasteiger partial charge >= 0.3 is 5.97 Å². The van der Waals surface area contributed by atoms with E-state index in [0.29, 0.717) is 16.5 Å². The number of methoxy groups -OCH3 is 1. The van der Waals surface area contributed by atoms with Crippen LogP contribution in [-0.2, 0) is 19.1 Å². The number of fused-ring (bicyclic) bond motifs is 1. The molecule has 0 spiro atoms. The molecule has 16 heteroatoms. The molecule has 0 saturated carbocycles. The number of carbonyl (C=O) groups excluding carboxylic acids is 5. The van der Waals surface area contributed by atoms with Gasteiger partial charge in [-0.05, 0) is 66.8 Å². The van der Waals surface area contributed by atoms with Crippen LogP contribution in [0, 0.1) is 0 Å². The molecule has 0 aromatic heterocycles. The number of nitrogens with zero attached hydrogens (tertiary/aromatic N) is 2. The highest BCUT2D eigenvalue weighted by molar-refractivity contribution is 9.10. The van der Waals surface area contributed by atoms with Crippen molar-refractivity contribution in [2.45, 2.75) is 37.8 Å². The van der Waals surface area contributed by atoms with Gasteiger partial charge in [-0.3, -0.25) is 29.2 Å². The third-order valence-corrected chi connectivity index (χ3v) is 7.50. The van der Waals surface area contributed by atoms with E-state index in [1.807, 2.05) is 24.3 Å². The normalized spacial score (nSPS) is 11.8. The lowest BCUT2D eigenvalue weighted by Gasteiger charge is -2.22. The molecule has 15 nitrogen and oxygen atoms in total. The molecule has 2 atom stereocenters. The average molecular weight is 725 g/mol. The van der Waals surface area contributed by atoms with Crippen LogP contribution >= 0.6 is 15.9 Å². The molecule has 0 aliphatic carbocycles. The molecule has 0 heterocycles. The quantitative estimate of drug-likeness (QED) is 0.0278. The zero-order valence-electron chi connectivity index (χ0n) is 26.2. The highest BCUT2D eigenvalue weighted by atomic mass is 79.9. The zero-order chi connectivity index (χ0) is 35.2. The first-order chi connectivity index (χ1) is 22.9. The summed E-state index contributed by atoms with van der Waals surface area (Å²) < 4.78 is 5.29. The van der Waals surface area contributed by atoms with Crippen molar-refractivity contribution in [2.24, 2.45) is 32.9 Å². The highest BCUT2D eigenvalue weighted by Gasteiger charge is 2.30. The maximum absolute atomic E-state index is 13.5. The molecule has 0 fully saturated rings. The van der Waals surface area contributed by atoms with Gasteiger partial charge in [0.05, 0.1) is 18.4 Å². The number of ketones is 1. The lowest BCUT2D eigenvalue weighted by molar-refractivity contribution is -0.145. The number of Topliss-reactive ketones (excluding diaryl/α,β-unsaturated/α-hetero) is 1. The molecule has 48 heavy (non-hydrogen) atoms. The molecule has 0 aliphatic rings. The minimum atomic E-state index is -1.27. The van der Waals surface area contributed by atoms with Crippen molar-refractivity contribution in [3.63, 3.8) is 0 Å². The molecule has 3 rings (SSSR count). The summed E-state index contributed by atoms with van der Waals surface area (Å²) >= 11 is 3.30. The number of hydrogen-bond donors (Lipinski definition) is 7. The molecule has 3 aromatic rings. The lowest BCUT2D eigenvalue weighted by atomic mass is 10.0. The summed E-state index contributed by atoms with van der Waals surface area (Å²) in [5, 5.41) is 9.53. The Kier molecular flexibility index (Phi) is 13.8. The van der Waals surface area contributed by atoms with E-state index in [0.717, 1.165) is 10.8 Å². The Morgan fingerprint density at radius 1 is 0.792 bits per heavy atom. The number of hydrogen-bond acceptors (Lipinski definition) is 8. The second-order valence-corrected chi connectivity index (χ2v) is 11.5. The predicted octanol–water partition coefficient (Wildman–Crippen LogP) is 1.29. The first kappa shape index (κ1) is 37.0. The van der Waals surface area contributed by atoms with Gasteiger partial charge in [0.1, 0.15) is 12.1 Å². The summed E-state index contributed by atoms with van der Waals surface area (Å²) in [6, 6.07) is 14.8. The van der Waals surface area contributed by atoms with E-state index >= 15 is 0 Å². The van der Waals surface area contributed by atoms with Crippen LogP contribution in [0.15, 0.2) is 75.1 Å². The molecule has 254 valence electrons. The van der Waals surface area contributed by atoms with Gasteiger partial charge in [-0.15, -0.1) is 0 Å². The van der Waals surface area contributed by atoms with Crippen LogP contribution < -0.4 is 38.9 Å². The first-order valence-electron chi connectivity index (χ1n) is 14.8. The number of aliphatic imine (C=N–C) groups is 2. The van der Waals surface area contributed by atoms with Gasteiger partial charge < -0.3 is 43.6 Å². The number of nitrogens with two attached hydrogens (primary N) is 4. The number of guanidine groups is 2. The number of carbonyl (C=O) groups is 5. The van der Waals surface area contributed by atoms with Crippen LogP contribution in [0.5, 0.6) is 0 Å². The third-order valence-electron chi connectivity index (χ3n) is 7.01. The molecule has 0 bridgehead atoms. The fourth-order valence-electron chi connectivity index (χ4n) is 4.62. The monoisotopic (exact) mass is 723 g/mol. The number of ether oxygens (including phenoxy) is 1. The lowest BCUT2D eigenvalue weighted by Crippen LogP contribution is -2.53. The Hall–Kier alpha value is -5.51. The fourth-order valence-corrected chi connectivity index (χ4v) is 4.99. The zero-order valence-corrected chi connectivity index (χ0v) is 27.8. The molecule has 0 saturated heterocycles. The molecule has 3 aromatic carbocycles. The van der Waals surface area contributed by atoms with Gasteiger partial charge in [-0.2, -0.15) is 0 Å². The van der Waals surface area contributed by atoms with Crippen LogP contribution in [0.3, 0.4) is 0 Å². The Bertz CT molecular complexity index is 1720. The summed E-state index contributed by atoms with van der Waals surface area (Å²) in [5.74, 6) is -4.40. The fraction of sp³-hybridized carbons (Fsp3) is 0.281. The van der Waals surface area contributed by atoms with Crippen molar-refractivity contribution in [3.8, 4) is 0 Å². The van der Waals surface area contributed by atoms with E-state index in [9.17, 15) is 24.0 Å². The summed E-state index contributed by atoms with van der Waals surface area (Å²) in [7, 11) is 1.17. The van der Waals surface area contributed by atoms with Crippen molar-refractivity contribution in [1.29, 1.82) is 0 Å². The van der Waals surface area contributed by atoms with E-state index in [2.05, 4.69) is 41.9 Å². The predicted molar refractivity (Wildman–Crippen MR) is 186 cm³/mol. The first-order valence-corrected chi connectivity index (χ1v) is 15.6. The van der Waals surface area contributed by atoms with E-state index in [-0.39, 0.29) is 55.5 Å². The number of amides is 3. The van der Waals surface area contributed by atoms with Crippen LogP contribution in [0.4, 0.5) is 5.69 Å². The highest BCUT2D eigenvalue weighted by Crippen LogP contribution is 2.24. The standard InChI is InChI=1S/C32H38BrN9O6/c1-48-30(47)25(9-5-15-39-32(36)37)42-28(45)24(8-4-14-38-31(34)35)41-29(46)26(43)22-17-21(33)12-13-23(22)40-27(44)20-11-10-18-6-2-3-7-19(18)16-20/h2-3,6-7,10-13,16-17,24-25H,4-5,8-9,14-15H2,1H3,(H,40,44)(H,41,46)(H,42,45)(H4,34,35,38)(H4,36,37,39)/t24-,25-/m0/s1. The Labute approximate surface area is 285 Å². The molecule has 11 N–H and O–H groups in total. The number of anilines is 1. The number of rotatable bonds is 16. The summed E-state index contributed by atoms with van der Waals surface area (Å²) in [5.41, 5.74) is 21.8. The Morgan fingerprint density at radius 2 is 1.42 bits per heavy atom. The second kappa shape index (κ2) is 18.0. The Morgan fingerprint density at radius 3 is 2.04 bits per heavy atom. The average Bonchev–Trinajstić information content (AvgIpc) is 3.06. The van der Waals surface area contributed by atoms with Crippen molar-refractivity contribution in [1.82, 2.24) is 10.6 Å². The molecular formula is C32H38BrN9O6. The summed E-state index contributed by atoms with van der Waals surface area (Å²) in [4.78, 5) is 73.6. The van der Waals surface area contributed by atoms with E-state index in [4.69, 9.17) is 27.7 Å². The van der Waals surface area contributed by atoms with Crippen molar-refractivity contribution in [2.75, 3.05) is 25.5 Å². The second-order valence-electron chi connectivity index (χ2n) is 10.5. The van der Waals surface area contributed by atoms with Gasteiger partial charge in [0.15, 0.2) is 11.9 Å². The van der Waals surface area contributed by atoms with Gasteiger partial charge in [-0.25, -0.2) is 4.79 Å². The molecule has 0 aliphatic heterocycles. The maximum atomic E-state index is 13.5. The molecular weight excluding hydrogens is 686 g/mol. The summed E-state index contributed by atoms with van der Waals surface area (Å²) in [6.07, 6.45) is 0.699. The van der Waals surface area contributed by atoms with Crippen LogP contribution in [0.2, 0.25) is 0 Å². The third kappa shape index (κ3) is 11.1. The van der Waals surface area contributed by atoms with Crippen LogP contribution in [-0.4, -0.2) is 73.7 Å². The summed E-state index contributed by atoms with van der Waals surface area (Å²) in [6.45, 7) is 0.330. The smallest absolute Gasteiger partial charge is 0.328 e. The largest absolute Gasteiger partial charge is 0.467 e. The van der Waals surface area contributed by atoms with Crippen LogP contribution in [0.25, 0.3) is 10.8 Å².